The number of Topliss-reactive ketones (excluding diaryl/α,β-unsaturated/α-hetero) is 1. The smallest absolute Gasteiger partial charge is 0.295 e. The second kappa shape index (κ2) is 10.9. The molecule has 1 aliphatic heterocycles. The van der Waals surface area contributed by atoms with Gasteiger partial charge in [0.2, 0.25) is 5.75 Å². The molecule has 1 heterocycles. The van der Waals surface area contributed by atoms with Gasteiger partial charge in [-0.3, -0.25) is 9.59 Å². The predicted molar refractivity (Wildman–Crippen MR) is 125 cm³/mol. The van der Waals surface area contributed by atoms with E-state index in [1.165, 1.54) is 33.3 Å². The molecule has 2 aromatic carbocycles. The third-order valence-corrected chi connectivity index (χ3v) is 5.65. The van der Waals surface area contributed by atoms with Crippen LogP contribution in [0.5, 0.6) is 23.0 Å². The Balaban J connectivity index is 2.21. The van der Waals surface area contributed by atoms with E-state index < -0.39 is 17.7 Å². The lowest BCUT2D eigenvalue weighted by Crippen LogP contribution is -2.31. The molecule has 1 N–H and O–H groups in total. The van der Waals surface area contributed by atoms with Gasteiger partial charge in [0.05, 0.1) is 40.1 Å². The Morgan fingerprint density at radius 2 is 1.53 bits per heavy atom. The zero-order valence-electron chi connectivity index (χ0n) is 19.9. The quantitative estimate of drug-likeness (QED) is 0.244. The summed E-state index contributed by atoms with van der Waals surface area (Å²) >= 11 is 0. The van der Waals surface area contributed by atoms with Gasteiger partial charge in [0.15, 0.2) is 11.5 Å². The number of amides is 1. The van der Waals surface area contributed by atoms with Crippen LogP contribution in [-0.2, 0) is 14.3 Å². The van der Waals surface area contributed by atoms with Crippen LogP contribution >= 0.6 is 0 Å². The van der Waals surface area contributed by atoms with Gasteiger partial charge >= 0.3 is 0 Å². The number of nitrogens with zero attached hydrogens (tertiary/aromatic N) is 1. The van der Waals surface area contributed by atoms with Crippen molar-refractivity contribution >= 4 is 17.4 Å². The van der Waals surface area contributed by atoms with Crippen molar-refractivity contribution in [3.05, 3.63) is 53.1 Å². The van der Waals surface area contributed by atoms with Crippen LogP contribution in [0.15, 0.2) is 42.0 Å². The molecule has 2 aromatic rings. The first kappa shape index (κ1) is 24.9. The lowest BCUT2D eigenvalue weighted by molar-refractivity contribution is -0.140. The van der Waals surface area contributed by atoms with E-state index in [0.29, 0.717) is 47.2 Å². The SMILES string of the molecule is COCCCN1C(=O)C(=O)/C(=C(/O)c2ccc(OC)cc2)[C@@H]1c1cc(OC)c(OC)c(OC)c1. The first-order valence-corrected chi connectivity index (χ1v) is 10.6. The number of hydrogen-bond donors (Lipinski definition) is 1. The summed E-state index contributed by atoms with van der Waals surface area (Å²) in [5.74, 6) is -0.0612. The van der Waals surface area contributed by atoms with Crippen LogP contribution in [0, 0.1) is 0 Å². The predicted octanol–water partition coefficient (Wildman–Crippen LogP) is 3.18. The largest absolute Gasteiger partial charge is 0.507 e. The lowest BCUT2D eigenvalue weighted by atomic mass is 9.94. The van der Waals surface area contributed by atoms with Crippen molar-refractivity contribution in [3.8, 4) is 23.0 Å². The molecule has 1 aliphatic rings. The summed E-state index contributed by atoms with van der Waals surface area (Å²) < 4.78 is 26.6. The van der Waals surface area contributed by atoms with Crippen molar-refractivity contribution in [2.45, 2.75) is 12.5 Å². The highest BCUT2D eigenvalue weighted by molar-refractivity contribution is 6.46. The Morgan fingerprint density at radius 1 is 0.912 bits per heavy atom. The van der Waals surface area contributed by atoms with Crippen LogP contribution in [0.4, 0.5) is 0 Å². The van der Waals surface area contributed by atoms with Gasteiger partial charge in [0, 0.05) is 25.8 Å². The molecule has 182 valence electrons. The van der Waals surface area contributed by atoms with Gasteiger partial charge in [-0.15, -0.1) is 0 Å². The second-order valence-corrected chi connectivity index (χ2v) is 7.53. The molecular formula is C25H29NO8. The topological polar surface area (TPSA) is 104 Å². The van der Waals surface area contributed by atoms with Crippen LogP contribution in [0.2, 0.25) is 0 Å². The molecule has 0 aromatic heterocycles. The summed E-state index contributed by atoms with van der Waals surface area (Å²) in [6.07, 6.45) is 0.507. The Kier molecular flexibility index (Phi) is 8.01. The van der Waals surface area contributed by atoms with Crippen LogP contribution < -0.4 is 18.9 Å². The van der Waals surface area contributed by atoms with E-state index in [1.807, 2.05) is 0 Å². The number of carbonyl (C=O) groups excluding carboxylic acids is 2. The highest BCUT2D eigenvalue weighted by Gasteiger charge is 2.46. The number of benzene rings is 2. The third-order valence-electron chi connectivity index (χ3n) is 5.65. The van der Waals surface area contributed by atoms with Gasteiger partial charge in [0.1, 0.15) is 11.5 Å². The maximum atomic E-state index is 13.1. The maximum absolute atomic E-state index is 13.1. The lowest BCUT2D eigenvalue weighted by Gasteiger charge is -2.26. The average Bonchev–Trinajstić information content (AvgIpc) is 3.12. The molecule has 3 rings (SSSR count). The van der Waals surface area contributed by atoms with Crippen molar-refractivity contribution in [1.82, 2.24) is 4.90 Å². The van der Waals surface area contributed by atoms with E-state index >= 15 is 0 Å². The maximum Gasteiger partial charge on any atom is 0.295 e. The second-order valence-electron chi connectivity index (χ2n) is 7.53. The molecule has 0 bridgehead atoms. The fourth-order valence-corrected chi connectivity index (χ4v) is 4.00. The molecule has 9 nitrogen and oxygen atoms in total. The minimum absolute atomic E-state index is 0.0261. The van der Waals surface area contributed by atoms with E-state index in [2.05, 4.69) is 0 Å². The number of likely N-dealkylation sites (tertiary alicyclic amines) is 1. The Morgan fingerprint density at radius 3 is 2.03 bits per heavy atom. The zero-order valence-corrected chi connectivity index (χ0v) is 19.9. The highest BCUT2D eigenvalue weighted by atomic mass is 16.5. The average molecular weight is 472 g/mol. The van der Waals surface area contributed by atoms with E-state index in [0.717, 1.165) is 0 Å². The number of ketones is 1. The van der Waals surface area contributed by atoms with Crippen molar-refractivity contribution in [1.29, 1.82) is 0 Å². The fraction of sp³-hybridized carbons (Fsp3) is 0.360. The zero-order chi connectivity index (χ0) is 24.8. The number of hydrogen-bond acceptors (Lipinski definition) is 8. The van der Waals surface area contributed by atoms with E-state index in [-0.39, 0.29) is 17.9 Å². The minimum atomic E-state index is -0.868. The fourth-order valence-electron chi connectivity index (χ4n) is 4.00. The van der Waals surface area contributed by atoms with Crippen molar-refractivity contribution < 1.29 is 38.4 Å². The summed E-state index contributed by atoms with van der Waals surface area (Å²) in [7, 11) is 7.54. The van der Waals surface area contributed by atoms with Crippen molar-refractivity contribution in [2.75, 3.05) is 48.7 Å². The summed E-state index contributed by atoms with van der Waals surface area (Å²) in [6.45, 7) is 0.655. The molecule has 0 spiro atoms. The molecule has 0 unspecified atom stereocenters. The van der Waals surface area contributed by atoms with E-state index in [4.69, 9.17) is 23.7 Å². The molecule has 0 saturated carbocycles. The normalized spacial score (nSPS) is 17.1. The molecule has 0 aliphatic carbocycles. The molecule has 1 fully saturated rings. The molecule has 0 radical (unpaired) electrons. The van der Waals surface area contributed by atoms with Crippen molar-refractivity contribution in [3.63, 3.8) is 0 Å². The monoisotopic (exact) mass is 471 g/mol. The number of methoxy groups -OCH3 is 5. The van der Waals surface area contributed by atoms with Gasteiger partial charge < -0.3 is 33.7 Å². The van der Waals surface area contributed by atoms with E-state index in [1.54, 1.807) is 43.5 Å². The van der Waals surface area contributed by atoms with Crippen LogP contribution in [0.3, 0.4) is 0 Å². The molecule has 34 heavy (non-hydrogen) atoms. The van der Waals surface area contributed by atoms with Gasteiger partial charge in [-0.2, -0.15) is 0 Å². The standard InChI is InChI=1S/C25H29NO8/c1-30-12-6-11-26-21(16-13-18(32-3)24(34-5)19(14-16)33-4)20(23(28)25(26)29)22(27)15-7-9-17(31-2)10-8-15/h7-10,13-14,21,27H,6,11-12H2,1-5H3/b22-20+/t21-/m0/s1. The van der Waals surface area contributed by atoms with E-state index in [9.17, 15) is 14.7 Å². The summed E-state index contributed by atoms with van der Waals surface area (Å²) in [6, 6.07) is 9.05. The number of rotatable bonds is 10. The third kappa shape index (κ3) is 4.65. The number of ether oxygens (including phenoxy) is 5. The highest BCUT2D eigenvalue weighted by Crippen LogP contribution is 2.45. The molecular weight excluding hydrogens is 442 g/mol. The van der Waals surface area contributed by atoms with Gasteiger partial charge in [-0.1, -0.05) is 0 Å². The Bertz CT molecular complexity index is 1050. The van der Waals surface area contributed by atoms with Crippen molar-refractivity contribution in [2.24, 2.45) is 0 Å². The molecule has 1 saturated heterocycles. The first-order chi connectivity index (χ1) is 16.4. The van der Waals surface area contributed by atoms with Gasteiger partial charge in [-0.25, -0.2) is 0 Å². The van der Waals surface area contributed by atoms with Crippen LogP contribution in [-0.4, -0.2) is 70.4 Å². The molecule has 9 heteroatoms. The van der Waals surface area contributed by atoms with Gasteiger partial charge in [0.25, 0.3) is 11.7 Å². The van der Waals surface area contributed by atoms with Gasteiger partial charge in [-0.05, 0) is 48.4 Å². The number of carbonyl (C=O) groups is 2. The Hall–Kier alpha value is -3.72. The van der Waals surface area contributed by atoms with Crippen LogP contribution in [0.25, 0.3) is 5.76 Å². The number of aliphatic hydroxyl groups is 1. The van der Waals surface area contributed by atoms with Crippen LogP contribution in [0.1, 0.15) is 23.6 Å². The number of aliphatic hydroxyl groups excluding tert-OH is 1. The first-order valence-electron chi connectivity index (χ1n) is 10.6. The molecule has 1 atom stereocenters. The summed E-state index contributed by atoms with van der Waals surface area (Å²) in [4.78, 5) is 27.6. The molecule has 1 amide bonds. The summed E-state index contributed by atoms with van der Waals surface area (Å²) in [5, 5.41) is 11.2. The Labute approximate surface area is 198 Å². The summed E-state index contributed by atoms with van der Waals surface area (Å²) in [5.41, 5.74) is 0.885. The minimum Gasteiger partial charge on any atom is -0.507 e.